The van der Waals surface area contributed by atoms with E-state index in [4.69, 9.17) is 5.11 Å². The summed E-state index contributed by atoms with van der Waals surface area (Å²) >= 11 is 1.58. The van der Waals surface area contributed by atoms with Gasteiger partial charge in [-0.2, -0.15) is 0 Å². The molecule has 2 rings (SSSR count). The quantitative estimate of drug-likeness (QED) is 0.848. The molecule has 0 aliphatic carbocycles. The lowest BCUT2D eigenvalue weighted by Gasteiger charge is -2.01. The van der Waals surface area contributed by atoms with E-state index in [1.54, 1.807) is 17.4 Å². The fraction of sp³-hybridized carbons (Fsp3) is 0.0714. The van der Waals surface area contributed by atoms with E-state index in [0.29, 0.717) is 0 Å². The summed E-state index contributed by atoms with van der Waals surface area (Å²) in [5.74, 6) is -1.21. The highest BCUT2D eigenvalue weighted by Crippen LogP contribution is 2.16. The van der Waals surface area contributed by atoms with E-state index in [1.165, 1.54) is 29.3 Å². The number of hydrogen-bond acceptors (Lipinski definition) is 4. The molecular weight excluding hydrogens is 276 g/mol. The molecule has 5 nitrogen and oxygen atoms in total. The first-order valence-electron chi connectivity index (χ1n) is 5.79. The van der Waals surface area contributed by atoms with E-state index in [2.05, 4.69) is 10.3 Å². The van der Waals surface area contributed by atoms with Gasteiger partial charge in [-0.25, -0.2) is 9.78 Å². The lowest BCUT2D eigenvalue weighted by atomic mass is 10.2. The van der Waals surface area contributed by atoms with Gasteiger partial charge in [0.1, 0.15) is 5.82 Å². The summed E-state index contributed by atoms with van der Waals surface area (Å²) in [7, 11) is 0. The molecule has 0 saturated carbocycles. The predicted octanol–water partition coefficient (Wildman–Crippen LogP) is 2.80. The van der Waals surface area contributed by atoms with Crippen molar-refractivity contribution in [3.8, 4) is 0 Å². The highest BCUT2D eigenvalue weighted by atomic mass is 32.1. The number of carbonyl (C=O) groups excluding carboxylic acids is 1. The average molecular weight is 288 g/mol. The molecule has 0 aliphatic rings. The molecule has 0 atom stereocenters. The number of aromatic carboxylic acids is 1. The summed E-state index contributed by atoms with van der Waals surface area (Å²) in [6.45, 7) is 1.99. The van der Waals surface area contributed by atoms with Crippen LogP contribution in [0, 0.1) is 6.92 Å². The molecule has 0 aliphatic heterocycles. The Kier molecular flexibility index (Phi) is 4.27. The van der Waals surface area contributed by atoms with Crippen molar-refractivity contribution in [1.82, 2.24) is 4.98 Å². The number of carboxylic acids is 1. The number of aromatic nitrogens is 1. The van der Waals surface area contributed by atoms with Crippen LogP contribution >= 0.6 is 11.3 Å². The zero-order valence-corrected chi connectivity index (χ0v) is 11.5. The van der Waals surface area contributed by atoms with Crippen LogP contribution < -0.4 is 5.32 Å². The van der Waals surface area contributed by atoms with Gasteiger partial charge in [-0.3, -0.25) is 4.79 Å². The third-order valence-corrected chi connectivity index (χ3v) is 3.38. The van der Waals surface area contributed by atoms with Gasteiger partial charge in [-0.15, -0.1) is 11.3 Å². The molecule has 20 heavy (non-hydrogen) atoms. The number of carboxylic acid groups (broad SMARTS) is 1. The fourth-order valence-corrected chi connectivity index (χ4v) is 2.28. The van der Waals surface area contributed by atoms with Crippen molar-refractivity contribution in [2.75, 3.05) is 5.32 Å². The van der Waals surface area contributed by atoms with Gasteiger partial charge in [0.05, 0.1) is 5.56 Å². The Morgan fingerprint density at radius 3 is 2.80 bits per heavy atom. The van der Waals surface area contributed by atoms with E-state index in [-0.39, 0.29) is 17.3 Å². The number of nitrogens with one attached hydrogen (secondary N) is 1. The van der Waals surface area contributed by atoms with Crippen LogP contribution in [-0.2, 0) is 4.79 Å². The third kappa shape index (κ3) is 3.76. The number of thiophene rings is 1. The highest BCUT2D eigenvalue weighted by Gasteiger charge is 2.05. The smallest absolute Gasteiger partial charge is 0.335 e. The summed E-state index contributed by atoms with van der Waals surface area (Å²) in [5.41, 5.74) is 0.0770. The Balaban J connectivity index is 2.02. The average Bonchev–Trinajstić information content (AvgIpc) is 2.82. The maximum atomic E-state index is 11.7. The van der Waals surface area contributed by atoms with E-state index in [0.717, 1.165) is 4.88 Å². The van der Waals surface area contributed by atoms with Crippen molar-refractivity contribution in [2.45, 2.75) is 6.92 Å². The molecule has 6 heteroatoms. The number of rotatable bonds is 4. The normalized spacial score (nSPS) is 10.7. The molecule has 2 aromatic rings. The number of hydrogen-bond donors (Lipinski definition) is 2. The lowest BCUT2D eigenvalue weighted by molar-refractivity contribution is -0.111. The Labute approximate surface area is 119 Å². The van der Waals surface area contributed by atoms with E-state index < -0.39 is 5.97 Å². The predicted molar refractivity (Wildman–Crippen MR) is 77.9 cm³/mol. The van der Waals surface area contributed by atoms with Gasteiger partial charge in [0.25, 0.3) is 0 Å². The van der Waals surface area contributed by atoms with Crippen molar-refractivity contribution < 1.29 is 14.7 Å². The van der Waals surface area contributed by atoms with Crippen LogP contribution in [0.25, 0.3) is 6.08 Å². The summed E-state index contributed by atoms with van der Waals surface area (Å²) in [4.78, 5) is 28.5. The SMILES string of the molecule is Cc1ccc(C=CC(=O)Nc2cc(C(=O)O)ccn2)s1. The summed E-state index contributed by atoms with van der Waals surface area (Å²) in [6.07, 6.45) is 4.43. The van der Waals surface area contributed by atoms with Crippen LogP contribution in [0.3, 0.4) is 0 Å². The molecular formula is C14H12N2O3S. The summed E-state index contributed by atoms with van der Waals surface area (Å²) in [5, 5.41) is 11.4. The minimum atomic E-state index is -1.06. The van der Waals surface area contributed by atoms with Crippen LogP contribution in [0.2, 0.25) is 0 Å². The van der Waals surface area contributed by atoms with Crippen LogP contribution in [0.15, 0.2) is 36.5 Å². The van der Waals surface area contributed by atoms with Gasteiger partial charge < -0.3 is 10.4 Å². The maximum absolute atomic E-state index is 11.7. The van der Waals surface area contributed by atoms with Crippen molar-refractivity contribution >= 4 is 35.1 Å². The Morgan fingerprint density at radius 2 is 2.15 bits per heavy atom. The molecule has 0 spiro atoms. The van der Waals surface area contributed by atoms with Crippen LogP contribution in [0.5, 0.6) is 0 Å². The standard InChI is InChI=1S/C14H12N2O3S/c1-9-2-3-11(20-9)4-5-13(17)16-12-8-10(14(18)19)6-7-15-12/h2-8H,1H3,(H,18,19)(H,15,16,17). The third-order valence-electron chi connectivity index (χ3n) is 2.42. The van der Waals surface area contributed by atoms with Crippen molar-refractivity contribution in [2.24, 2.45) is 0 Å². The largest absolute Gasteiger partial charge is 0.478 e. The highest BCUT2D eigenvalue weighted by molar-refractivity contribution is 7.12. The van der Waals surface area contributed by atoms with E-state index in [9.17, 15) is 9.59 Å². The van der Waals surface area contributed by atoms with Gasteiger partial charge in [-0.1, -0.05) is 0 Å². The maximum Gasteiger partial charge on any atom is 0.335 e. The molecule has 0 fully saturated rings. The molecule has 0 aromatic carbocycles. The fourth-order valence-electron chi connectivity index (χ4n) is 1.50. The zero-order valence-electron chi connectivity index (χ0n) is 10.7. The number of carbonyl (C=O) groups is 2. The molecule has 2 heterocycles. The van der Waals surface area contributed by atoms with Crippen LogP contribution in [-0.4, -0.2) is 22.0 Å². The molecule has 0 bridgehead atoms. The lowest BCUT2D eigenvalue weighted by Crippen LogP contribution is -2.10. The second-order valence-corrected chi connectivity index (χ2v) is 5.33. The van der Waals surface area contributed by atoms with Gasteiger partial charge >= 0.3 is 5.97 Å². The molecule has 0 unspecified atom stereocenters. The van der Waals surface area contributed by atoms with Gasteiger partial charge in [0.2, 0.25) is 5.91 Å². The molecule has 2 N–H and O–H groups in total. The number of anilines is 1. The van der Waals surface area contributed by atoms with E-state index >= 15 is 0 Å². The summed E-state index contributed by atoms with van der Waals surface area (Å²) < 4.78 is 0. The topological polar surface area (TPSA) is 79.3 Å². The van der Waals surface area contributed by atoms with Crippen LogP contribution in [0.4, 0.5) is 5.82 Å². The minimum Gasteiger partial charge on any atom is -0.478 e. The van der Waals surface area contributed by atoms with Crippen molar-refractivity contribution in [1.29, 1.82) is 0 Å². The molecule has 1 amide bonds. The zero-order chi connectivity index (χ0) is 14.5. The first kappa shape index (κ1) is 14.0. The first-order chi connectivity index (χ1) is 9.54. The number of aryl methyl sites for hydroxylation is 1. The Hall–Kier alpha value is -2.47. The molecule has 0 saturated heterocycles. The van der Waals surface area contributed by atoms with Gasteiger partial charge in [-0.05, 0) is 37.3 Å². The van der Waals surface area contributed by atoms with Gasteiger partial charge in [0, 0.05) is 22.0 Å². The number of nitrogens with zero attached hydrogens (tertiary/aromatic N) is 1. The second-order valence-electron chi connectivity index (χ2n) is 4.01. The van der Waals surface area contributed by atoms with Crippen molar-refractivity contribution in [3.05, 3.63) is 51.9 Å². The molecule has 0 radical (unpaired) electrons. The Morgan fingerprint density at radius 1 is 1.35 bits per heavy atom. The Bertz CT molecular complexity index is 677. The molecule has 102 valence electrons. The van der Waals surface area contributed by atoms with E-state index in [1.807, 2.05) is 19.1 Å². The minimum absolute atomic E-state index is 0.0770. The molecule has 2 aromatic heterocycles. The van der Waals surface area contributed by atoms with Crippen molar-refractivity contribution in [3.63, 3.8) is 0 Å². The monoisotopic (exact) mass is 288 g/mol. The number of amides is 1. The summed E-state index contributed by atoms with van der Waals surface area (Å²) in [6, 6.07) is 6.57. The van der Waals surface area contributed by atoms with Crippen LogP contribution in [0.1, 0.15) is 20.1 Å². The van der Waals surface area contributed by atoms with Gasteiger partial charge in [0.15, 0.2) is 0 Å². The first-order valence-corrected chi connectivity index (χ1v) is 6.61. The number of pyridine rings is 1. The second kappa shape index (κ2) is 6.12.